The number of ether oxygens (including phenoxy) is 2. The van der Waals surface area contributed by atoms with Crippen molar-refractivity contribution in [3.8, 4) is 0 Å². The molecule has 3 atom stereocenters. The summed E-state index contributed by atoms with van der Waals surface area (Å²) >= 11 is 0. The Morgan fingerprint density at radius 3 is 2.74 bits per heavy atom. The van der Waals surface area contributed by atoms with Crippen molar-refractivity contribution in [3.05, 3.63) is 11.8 Å². The number of aliphatic hydroxyl groups excluding tert-OH is 1. The number of nitrogens with one attached hydrogen (secondary N) is 1. The van der Waals surface area contributed by atoms with Crippen molar-refractivity contribution in [3.63, 3.8) is 0 Å². The van der Waals surface area contributed by atoms with Crippen LogP contribution in [0.3, 0.4) is 0 Å². The summed E-state index contributed by atoms with van der Waals surface area (Å²) in [6.07, 6.45) is 9.04. The van der Waals surface area contributed by atoms with Crippen LogP contribution in [-0.4, -0.2) is 36.6 Å². The molecule has 3 aliphatic rings. The minimum absolute atomic E-state index is 0.0920. The Hall–Kier alpha value is -1.07. The molecule has 0 aromatic carbocycles. The Kier molecular flexibility index (Phi) is 5.59. The maximum atomic E-state index is 12.5. The number of amides is 1. The lowest BCUT2D eigenvalue weighted by Gasteiger charge is -2.37. The lowest BCUT2D eigenvalue weighted by molar-refractivity contribution is -0.174. The van der Waals surface area contributed by atoms with Gasteiger partial charge in [-0.05, 0) is 69.8 Å². The molecule has 0 spiro atoms. The summed E-state index contributed by atoms with van der Waals surface area (Å²) < 4.78 is 11.7. The van der Waals surface area contributed by atoms with E-state index in [1.165, 1.54) is 19.3 Å². The SMILES string of the molecule is CCO[C@@H]1OC(C(=O)NC2CCC2)=C[C@H](C2CC2)[C@H]1CCCO. The minimum Gasteiger partial charge on any atom is -0.459 e. The van der Waals surface area contributed by atoms with Crippen LogP contribution in [-0.2, 0) is 14.3 Å². The van der Waals surface area contributed by atoms with Gasteiger partial charge < -0.3 is 19.9 Å². The van der Waals surface area contributed by atoms with Crippen molar-refractivity contribution >= 4 is 5.91 Å². The first kappa shape index (κ1) is 16.8. The van der Waals surface area contributed by atoms with Gasteiger partial charge in [0.25, 0.3) is 5.91 Å². The summed E-state index contributed by atoms with van der Waals surface area (Å²) in [6, 6.07) is 0.309. The Morgan fingerprint density at radius 2 is 2.17 bits per heavy atom. The molecule has 0 radical (unpaired) electrons. The quantitative estimate of drug-likeness (QED) is 0.719. The number of carbonyl (C=O) groups excluding carboxylic acids is 1. The summed E-state index contributed by atoms with van der Waals surface area (Å²) in [6.45, 7) is 2.70. The summed E-state index contributed by atoms with van der Waals surface area (Å²) in [4.78, 5) is 12.5. The lowest BCUT2D eigenvalue weighted by atomic mass is 9.82. The number of hydrogen-bond donors (Lipinski definition) is 2. The Morgan fingerprint density at radius 1 is 1.39 bits per heavy atom. The fraction of sp³-hybridized carbons (Fsp3) is 0.833. The fourth-order valence-corrected chi connectivity index (χ4v) is 3.61. The Balaban J connectivity index is 1.72. The molecular weight excluding hydrogens is 294 g/mol. The molecule has 0 aromatic rings. The van der Waals surface area contributed by atoms with Gasteiger partial charge in [-0.1, -0.05) is 0 Å². The monoisotopic (exact) mass is 323 g/mol. The zero-order valence-corrected chi connectivity index (χ0v) is 14.0. The van der Waals surface area contributed by atoms with Gasteiger partial charge in [0.2, 0.25) is 6.29 Å². The number of aliphatic hydroxyl groups is 1. The molecule has 0 unspecified atom stereocenters. The van der Waals surface area contributed by atoms with E-state index in [-0.39, 0.29) is 24.7 Å². The number of carbonyl (C=O) groups is 1. The van der Waals surface area contributed by atoms with Gasteiger partial charge in [0.15, 0.2) is 5.76 Å². The predicted octanol–water partition coefficient (Wildman–Crippen LogP) is 2.35. The average Bonchev–Trinajstić information content (AvgIpc) is 3.33. The third-order valence-electron chi connectivity index (χ3n) is 5.29. The molecular formula is C18H29NO4. The van der Waals surface area contributed by atoms with Gasteiger partial charge in [-0.25, -0.2) is 0 Å². The number of rotatable bonds is 8. The molecule has 1 amide bonds. The zero-order chi connectivity index (χ0) is 16.2. The summed E-state index contributed by atoms with van der Waals surface area (Å²) in [5, 5.41) is 12.2. The fourth-order valence-electron chi connectivity index (χ4n) is 3.61. The molecule has 5 heteroatoms. The third-order valence-corrected chi connectivity index (χ3v) is 5.29. The van der Waals surface area contributed by atoms with E-state index in [9.17, 15) is 4.79 Å². The lowest BCUT2D eigenvalue weighted by Crippen LogP contribution is -2.44. The van der Waals surface area contributed by atoms with Crippen LogP contribution in [0.15, 0.2) is 11.8 Å². The summed E-state index contributed by atoms with van der Waals surface area (Å²) in [5.74, 6) is 1.54. The third kappa shape index (κ3) is 4.07. The second kappa shape index (κ2) is 7.67. The molecule has 130 valence electrons. The highest BCUT2D eigenvalue weighted by Crippen LogP contribution is 2.47. The standard InChI is InChI=1S/C18H29NO4/c1-2-22-18-14(7-4-10-20)15(12-8-9-12)11-16(23-18)17(21)19-13-5-3-6-13/h11-15,18,20H,2-10H2,1H3,(H,19,21)/t14-,15-,18-/m1/s1. The second-order valence-electron chi connectivity index (χ2n) is 7.02. The molecule has 1 heterocycles. The molecule has 23 heavy (non-hydrogen) atoms. The van der Waals surface area contributed by atoms with E-state index >= 15 is 0 Å². The molecule has 0 saturated heterocycles. The first-order valence-electron chi connectivity index (χ1n) is 9.14. The first-order valence-corrected chi connectivity index (χ1v) is 9.14. The van der Waals surface area contributed by atoms with Crippen molar-refractivity contribution in [2.24, 2.45) is 17.8 Å². The molecule has 2 fully saturated rings. The molecule has 2 aliphatic carbocycles. The van der Waals surface area contributed by atoms with Gasteiger partial charge in [-0.2, -0.15) is 0 Å². The molecule has 0 bridgehead atoms. The maximum Gasteiger partial charge on any atom is 0.286 e. The van der Waals surface area contributed by atoms with Crippen LogP contribution in [0, 0.1) is 17.8 Å². The Bertz CT molecular complexity index is 442. The Labute approximate surface area is 138 Å². The smallest absolute Gasteiger partial charge is 0.286 e. The van der Waals surface area contributed by atoms with Crippen molar-refractivity contribution < 1.29 is 19.4 Å². The highest BCUT2D eigenvalue weighted by atomic mass is 16.7. The highest BCUT2D eigenvalue weighted by Gasteiger charge is 2.44. The zero-order valence-electron chi connectivity index (χ0n) is 14.0. The van der Waals surface area contributed by atoms with Crippen LogP contribution in [0.25, 0.3) is 0 Å². The molecule has 2 N–H and O–H groups in total. The van der Waals surface area contributed by atoms with Gasteiger partial charge in [0, 0.05) is 25.2 Å². The summed E-state index contributed by atoms with van der Waals surface area (Å²) in [5.41, 5.74) is 0. The maximum absolute atomic E-state index is 12.5. The van der Waals surface area contributed by atoms with E-state index in [1.807, 2.05) is 13.0 Å². The normalized spacial score (nSPS) is 31.0. The molecule has 2 saturated carbocycles. The molecule has 0 aromatic heterocycles. The molecule has 1 aliphatic heterocycles. The van der Waals surface area contributed by atoms with Gasteiger partial charge in [-0.15, -0.1) is 0 Å². The van der Waals surface area contributed by atoms with Gasteiger partial charge in [-0.3, -0.25) is 4.79 Å². The van der Waals surface area contributed by atoms with Crippen LogP contribution in [0.2, 0.25) is 0 Å². The average molecular weight is 323 g/mol. The van der Waals surface area contributed by atoms with Crippen molar-refractivity contribution in [2.45, 2.75) is 64.2 Å². The minimum atomic E-state index is -0.371. The van der Waals surface area contributed by atoms with E-state index in [2.05, 4.69) is 5.32 Å². The summed E-state index contributed by atoms with van der Waals surface area (Å²) in [7, 11) is 0. The number of allylic oxidation sites excluding steroid dienone is 1. The molecule has 3 rings (SSSR count). The topological polar surface area (TPSA) is 67.8 Å². The largest absolute Gasteiger partial charge is 0.459 e. The van der Waals surface area contributed by atoms with Crippen LogP contribution in [0.1, 0.15) is 51.9 Å². The van der Waals surface area contributed by atoms with Gasteiger partial charge in [0.05, 0.1) is 0 Å². The van der Waals surface area contributed by atoms with Crippen molar-refractivity contribution in [2.75, 3.05) is 13.2 Å². The predicted molar refractivity (Wildman–Crippen MR) is 86.4 cm³/mol. The first-order chi connectivity index (χ1) is 11.2. The molecule has 5 nitrogen and oxygen atoms in total. The van der Waals surface area contributed by atoms with Crippen molar-refractivity contribution in [1.82, 2.24) is 5.32 Å². The second-order valence-corrected chi connectivity index (χ2v) is 7.02. The van der Waals surface area contributed by atoms with Crippen LogP contribution >= 0.6 is 0 Å². The highest BCUT2D eigenvalue weighted by molar-refractivity contribution is 5.91. The van der Waals surface area contributed by atoms with E-state index < -0.39 is 0 Å². The van der Waals surface area contributed by atoms with E-state index in [4.69, 9.17) is 14.6 Å². The van der Waals surface area contributed by atoms with E-state index in [0.29, 0.717) is 30.2 Å². The van der Waals surface area contributed by atoms with E-state index in [1.54, 1.807) is 0 Å². The van der Waals surface area contributed by atoms with Crippen LogP contribution < -0.4 is 5.32 Å². The van der Waals surface area contributed by atoms with Crippen LogP contribution in [0.4, 0.5) is 0 Å². The van der Waals surface area contributed by atoms with Crippen LogP contribution in [0.5, 0.6) is 0 Å². The van der Waals surface area contributed by atoms with E-state index in [0.717, 1.165) is 25.7 Å². The number of hydrogen-bond acceptors (Lipinski definition) is 4. The van der Waals surface area contributed by atoms with Gasteiger partial charge >= 0.3 is 0 Å². The van der Waals surface area contributed by atoms with Gasteiger partial charge in [0.1, 0.15) is 0 Å². The van der Waals surface area contributed by atoms with Crippen molar-refractivity contribution in [1.29, 1.82) is 0 Å².